The molecule has 0 saturated heterocycles. The molecule has 0 bridgehead atoms. The van der Waals surface area contributed by atoms with E-state index >= 15 is 0 Å². The lowest BCUT2D eigenvalue weighted by molar-refractivity contribution is 0.0925. The van der Waals surface area contributed by atoms with Gasteiger partial charge in [0.25, 0.3) is 0 Å². The fourth-order valence-corrected chi connectivity index (χ4v) is 3.72. The van der Waals surface area contributed by atoms with Gasteiger partial charge in [0.2, 0.25) is 0 Å². The molecule has 5 nitrogen and oxygen atoms in total. The largest absolute Gasteiger partial charge is 0.448 e. The maximum absolute atomic E-state index is 12.6. The second-order valence-corrected chi connectivity index (χ2v) is 7.40. The van der Waals surface area contributed by atoms with Gasteiger partial charge in [-0.1, -0.05) is 48.5 Å². The van der Waals surface area contributed by atoms with Gasteiger partial charge >= 0.3 is 6.09 Å². The summed E-state index contributed by atoms with van der Waals surface area (Å²) in [5, 5.41) is 0. The molecule has 0 aliphatic heterocycles. The molecule has 1 amide bonds. The van der Waals surface area contributed by atoms with Crippen molar-refractivity contribution in [2.24, 2.45) is 5.73 Å². The van der Waals surface area contributed by atoms with Crippen LogP contribution in [0.15, 0.2) is 48.5 Å². The highest BCUT2D eigenvalue weighted by Crippen LogP contribution is 2.44. The number of nitrogens with two attached hydrogens (primary N) is 1. The summed E-state index contributed by atoms with van der Waals surface area (Å²) in [6.45, 7) is 1.64. The molecule has 3 rings (SSSR count). The Kier molecular flexibility index (Phi) is 6.14. The Bertz CT molecular complexity index is 745. The first kappa shape index (κ1) is 19.4. The van der Waals surface area contributed by atoms with E-state index in [-0.39, 0.29) is 18.1 Å². The lowest BCUT2D eigenvalue weighted by Gasteiger charge is -2.28. The van der Waals surface area contributed by atoms with Crippen molar-refractivity contribution in [2.45, 2.75) is 18.4 Å². The maximum Gasteiger partial charge on any atom is 0.409 e. The zero-order valence-corrected chi connectivity index (χ0v) is 16.4. The van der Waals surface area contributed by atoms with Gasteiger partial charge in [-0.15, -0.1) is 0 Å². The molecule has 0 fully saturated rings. The Balaban J connectivity index is 1.68. The maximum atomic E-state index is 12.6. The van der Waals surface area contributed by atoms with E-state index in [2.05, 4.69) is 29.2 Å². The van der Waals surface area contributed by atoms with E-state index < -0.39 is 0 Å². The number of hydrogen-bond donors (Lipinski definition) is 1. The van der Waals surface area contributed by atoms with Crippen LogP contribution >= 0.6 is 0 Å². The minimum absolute atomic E-state index is 0.0250. The van der Waals surface area contributed by atoms with E-state index in [9.17, 15) is 4.79 Å². The molecule has 1 aliphatic rings. The zero-order chi connectivity index (χ0) is 19.4. The van der Waals surface area contributed by atoms with Gasteiger partial charge < -0.3 is 20.3 Å². The smallest absolute Gasteiger partial charge is 0.409 e. The highest BCUT2D eigenvalue weighted by molar-refractivity contribution is 5.79. The number of likely N-dealkylation sites (N-methyl/N-ethyl adjacent to an activating group) is 1. The summed E-state index contributed by atoms with van der Waals surface area (Å²) < 4.78 is 5.71. The standard InChI is InChI=1S/C22H29N3O2/c1-24(2)13-12-16(14-23)25(3)22(26)27-15-21-19-10-6-4-8-17(19)18-9-5-7-11-20(18)21/h4-11,16,21H,12-15,23H2,1-3H3/t16-/m0/s1. The molecule has 144 valence electrons. The van der Waals surface area contributed by atoms with Crippen LogP contribution in [-0.2, 0) is 4.74 Å². The van der Waals surface area contributed by atoms with Crippen molar-refractivity contribution in [3.05, 3.63) is 59.7 Å². The summed E-state index contributed by atoms with van der Waals surface area (Å²) in [6.07, 6.45) is 0.510. The van der Waals surface area contributed by atoms with Crippen LogP contribution in [0.4, 0.5) is 4.79 Å². The Morgan fingerprint density at radius 2 is 1.59 bits per heavy atom. The highest BCUT2D eigenvalue weighted by Gasteiger charge is 2.30. The molecule has 2 aromatic rings. The second kappa shape index (κ2) is 8.55. The van der Waals surface area contributed by atoms with Crippen molar-refractivity contribution in [1.29, 1.82) is 0 Å². The Hall–Kier alpha value is -2.37. The van der Waals surface area contributed by atoms with E-state index in [4.69, 9.17) is 10.5 Å². The molecule has 5 heteroatoms. The molecule has 1 aliphatic carbocycles. The number of carbonyl (C=O) groups excluding carboxylic acids is 1. The first-order valence-corrected chi connectivity index (χ1v) is 9.45. The van der Waals surface area contributed by atoms with Crippen LogP contribution in [0.25, 0.3) is 11.1 Å². The fraction of sp³-hybridized carbons (Fsp3) is 0.409. The van der Waals surface area contributed by atoms with E-state index in [0.29, 0.717) is 13.2 Å². The molecule has 2 N–H and O–H groups in total. The molecule has 2 aromatic carbocycles. The molecular formula is C22H29N3O2. The Labute approximate surface area is 161 Å². The molecule has 0 aromatic heterocycles. The number of carbonyl (C=O) groups is 1. The molecule has 1 atom stereocenters. The Morgan fingerprint density at radius 1 is 1.04 bits per heavy atom. The lowest BCUT2D eigenvalue weighted by atomic mass is 9.98. The lowest BCUT2D eigenvalue weighted by Crippen LogP contribution is -2.43. The highest BCUT2D eigenvalue weighted by atomic mass is 16.6. The summed E-state index contributed by atoms with van der Waals surface area (Å²) in [5.41, 5.74) is 10.8. The predicted molar refractivity (Wildman–Crippen MR) is 109 cm³/mol. The molecule has 0 heterocycles. The second-order valence-electron chi connectivity index (χ2n) is 7.40. The van der Waals surface area contributed by atoms with Crippen LogP contribution in [0, 0.1) is 0 Å². The van der Waals surface area contributed by atoms with Gasteiger partial charge in [0.05, 0.1) is 0 Å². The first-order valence-electron chi connectivity index (χ1n) is 9.45. The molecule has 0 radical (unpaired) electrons. The predicted octanol–water partition coefficient (Wildman–Crippen LogP) is 3.15. The quantitative estimate of drug-likeness (QED) is 0.817. The summed E-state index contributed by atoms with van der Waals surface area (Å²) in [7, 11) is 5.80. The van der Waals surface area contributed by atoms with E-state index in [0.717, 1.165) is 13.0 Å². The van der Waals surface area contributed by atoms with E-state index in [1.165, 1.54) is 22.3 Å². The topological polar surface area (TPSA) is 58.8 Å². The summed E-state index contributed by atoms with van der Waals surface area (Å²) in [5.74, 6) is 0.0767. The zero-order valence-electron chi connectivity index (χ0n) is 16.4. The van der Waals surface area contributed by atoms with Gasteiger partial charge in [-0.05, 0) is 49.3 Å². The van der Waals surface area contributed by atoms with Crippen LogP contribution in [0.5, 0.6) is 0 Å². The van der Waals surface area contributed by atoms with Crippen LogP contribution in [0.1, 0.15) is 23.5 Å². The number of hydrogen-bond acceptors (Lipinski definition) is 4. The first-order chi connectivity index (χ1) is 13.0. The minimum Gasteiger partial charge on any atom is -0.448 e. The van der Waals surface area contributed by atoms with Crippen LogP contribution in [0.3, 0.4) is 0 Å². The van der Waals surface area contributed by atoms with Gasteiger partial charge in [0, 0.05) is 25.6 Å². The number of nitrogens with zero attached hydrogens (tertiary/aromatic N) is 2. The molecule has 0 unspecified atom stereocenters. The number of benzene rings is 2. The van der Waals surface area contributed by atoms with Crippen LogP contribution in [0.2, 0.25) is 0 Å². The third-order valence-corrected chi connectivity index (χ3v) is 5.35. The summed E-state index contributed by atoms with van der Waals surface area (Å²) in [6, 6.07) is 16.7. The van der Waals surface area contributed by atoms with Crippen molar-refractivity contribution in [3.8, 4) is 11.1 Å². The van der Waals surface area contributed by atoms with Crippen LogP contribution in [-0.4, -0.2) is 62.8 Å². The van der Waals surface area contributed by atoms with Crippen molar-refractivity contribution >= 4 is 6.09 Å². The van der Waals surface area contributed by atoms with Crippen molar-refractivity contribution < 1.29 is 9.53 Å². The van der Waals surface area contributed by atoms with Gasteiger partial charge in [0.15, 0.2) is 0 Å². The third-order valence-electron chi connectivity index (χ3n) is 5.35. The number of rotatable bonds is 7. The Morgan fingerprint density at radius 3 is 2.11 bits per heavy atom. The number of fused-ring (bicyclic) bond motifs is 3. The third kappa shape index (κ3) is 4.15. The van der Waals surface area contributed by atoms with Gasteiger partial charge in [-0.2, -0.15) is 0 Å². The normalized spacial score (nSPS) is 14.0. The number of amides is 1. The van der Waals surface area contributed by atoms with Crippen LogP contribution < -0.4 is 5.73 Å². The minimum atomic E-state index is -0.314. The molecule has 27 heavy (non-hydrogen) atoms. The monoisotopic (exact) mass is 367 g/mol. The van der Waals surface area contributed by atoms with Crippen molar-refractivity contribution in [2.75, 3.05) is 40.8 Å². The molecule has 0 spiro atoms. The van der Waals surface area contributed by atoms with E-state index in [1.807, 2.05) is 38.4 Å². The van der Waals surface area contributed by atoms with Crippen molar-refractivity contribution in [3.63, 3.8) is 0 Å². The summed E-state index contributed by atoms with van der Waals surface area (Å²) >= 11 is 0. The fourth-order valence-electron chi connectivity index (χ4n) is 3.72. The van der Waals surface area contributed by atoms with E-state index in [1.54, 1.807) is 11.9 Å². The van der Waals surface area contributed by atoms with Gasteiger partial charge in [-0.3, -0.25) is 0 Å². The average molecular weight is 367 g/mol. The van der Waals surface area contributed by atoms with Gasteiger partial charge in [-0.25, -0.2) is 4.79 Å². The molecule has 0 saturated carbocycles. The van der Waals surface area contributed by atoms with Crippen molar-refractivity contribution in [1.82, 2.24) is 9.80 Å². The molecular weight excluding hydrogens is 338 g/mol. The summed E-state index contributed by atoms with van der Waals surface area (Å²) in [4.78, 5) is 16.3. The van der Waals surface area contributed by atoms with Gasteiger partial charge in [0.1, 0.15) is 6.61 Å². The average Bonchev–Trinajstić information content (AvgIpc) is 3.00. The SMILES string of the molecule is CN(C)CC[C@@H](CN)N(C)C(=O)OCC1c2ccccc2-c2ccccc21. The number of ether oxygens (including phenoxy) is 1.